The minimum Gasteiger partial charge on any atom is -0.0619 e. The molecule has 0 aromatic heterocycles. The smallest absolute Gasteiger partial charge is 0.0211 e. The summed E-state index contributed by atoms with van der Waals surface area (Å²) in [5.74, 6) is 0. The number of allylic oxidation sites excluding steroid dienone is 10. The van der Waals surface area contributed by atoms with E-state index >= 15 is 0 Å². The minimum atomic E-state index is 0.987. The van der Waals surface area contributed by atoms with Crippen molar-refractivity contribution in [2.75, 3.05) is 0 Å². The van der Waals surface area contributed by atoms with E-state index in [1.54, 1.807) is 0 Å². The van der Waals surface area contributed by atoms with Gasteiger partial charge < -0.3 is 0 Å². The molecule has 0 amide bonds. The predicted octanol–water partition coefficient (Wildman–Crippen LogP) is 4.37. The van der Waals surface area contributed by atoms with Crippen molar-refractivity contribution in [1.29, 1.82) is 0 Å². The third-order valence-electron chi connectivity index (χ3n) is 2.08. The number of fused-ring (bicyclic) bond motifs is 2. The van der Waals surface area contributed by atoms with E-state index in [1.165, 1.54) is 20.1 Å². The van der Waals surface area contributed by atoms with Crippen LogP contribution in [0.2, 0.25) is 0 Å². The summed E-state index contributed by atoms with van der Waals surface area (Å²) in [6.45, 7) is 0. The molecule has 2 heteroatoms. The highest BCUT2D eigenvalue weighted by atomic mass is 79.9. The molecular weight excluding hydrogens is 292 g/mol. The standard InChI is InChI=1S/C11H8Br2/c12-10-5-6-11(13)9-4-2-1-3-8(10)7-9/h1-6H,7H2. The van der Waals surface area contributed by atoms with Crippen molar-refractivity contribution in [2.45, 2.75) is 6.42 Å². The first kappa shape index (κ1) is 9.22. The second kappa shape index (κ2) is 3.81. The molecule has 0 spiro atoms. The first-order valence-corrected chi connectivity index (χ1v) is 5.66. The first-order chi connectivity index (χ1) is 6.27. The topological polar surface area (TPSA) is 0 Å². The lowest BCUT2D eigenvalue weighted by Crippen LogP contribution is -1.84. The van der Waals surface area contributed by atoms with Crippen LogP contribution in [0.4, 0.5) is 0 Å². The number of rotatable bonds is 0. The van der Waals surface area contributed by atoms with Crippen molar-refractivity contribution in [3.8, 4) is 0 Å². The van der Waals surface area contributed by atoms with Crippen LogP contribution in [0.5, 0.6) is 0 Å². The molecule has 0 nitrogen and oxygen atoms in total. The van der Waals surface area contributed by atoms with Crippen molar-refractivity contribution in [2.24, 2.45) is 0 Å². The Morgan fingerprint density at radius 2 is 1.23 bits per heavy atom. The third-order valence-corrected chi connectivity index (χ3v) is 3.62. The van der Waals surface area contributed by atoms with Gasteiger partial charge in [0, 0.05) is 8.96 Å². The van der Waals surface area contributed by atoms with E-state index in [1.807, 2.05) is 0 Å². The molecule has 0 aliphatic heterocycles. The molecule has 2 bridgehead atoms. The molecule has 0 heterocycles. The van der Waals surface area contributed by atoms with Crippen molar-refractivity contribution < 1.29 is 0 Å². The van der Waals surface area contributed by atoms with Gasteiger partial charge in [-0.1, -0.05) is 56.2 Å². The summed E-state index contributed by atoms with van der Waals surface area (Å²) in [5.41, 5.74) is 2.65. The normalized spacial score (nSPS) is 20.8. The maximum absolute atomic E-state index is 3.55. The molecule has 0 unspecified atom stereocenters. The molecule has 0 N–H and O–H groups in total. The lowest BCUT2D eigenvalue weighted by atomic mass is 10.1. The fraction of sp³-hybridized carbons (Fsp3) is 0.0909. The van der Waals surface area contributed by atoms with Gasteiger partial charge in [0.2, 0.25) is 0 Å². The fourth-order valence-electron chi connectivity index (χ4n) is 1.35. The molecular formula is C11H8Br2. The van der Waals surface area contributed by atoms with Crippen LogP contribution in [0.25, 0.3) is 0 Å². The highest BCUT2D eigenvalue weighted by molar-refractivity contribution is 9.12. The molecule has 0 fully saturated rings. The number of hydrogen-bond acceptors (Lipinski definition) is 0. The molecule has 2 aliphatic rings. The Morgan fingerprint density at radius 1 is 0.769 bits per heavy atom. The molecule has 0 aromatic carbocycles. The summed E-state index contributed by atoms with van der Waals surface area (Å²) in [6, 6.07) is 0. The summed E-state index contributed by atoms with van der Waals surface area (Å²) in [4.78, 5) is 0. The maximum atomic E-state index is 3.55. The molecule has 0 atom stereocenters. The molecule has 66 valence electrons. The van der Waals surface area contributed by atoms with E-state index in [2.05, 4.69) is 68.3 Å². The molecule has 0 saturated heterocycles. The van der Waals surface area contributed by atoms with Gasteiger partial charge >= 0.3 is 0 Å². The second-order valence-corrected chi connectivity index (χ2v) is 4.68. The molecule has 0 saturated carbocycles. The average Bonchev–Trinajstić information content (AvgIpc) is 2.43. The van der Waals surface area contributed by atoms with Crippen LogP contribution in [-0.2, 0) is 0 Å². The van der Waals surface area contributed by atoms with E-state index in [9.17, 15) is 0 Å². The summed E-state index contributed by atoms with van der Waals surface area (Å²) in [7, 11) is 0. The Bertz CT molecular complexity index is 343. The van der Waals surface area contributed by atoms with Crippen LogP contribution in [0.1, 0.15) is 6.42 Å². The Balaban J connectivity index is 2.53. The Kier molecular flexibility index (Phi) is 2.70. The van der Waals surface area contributed by atoms with Crippen molar-refractivity contribution in [1.82, 2.24) is 0 Å². The van der Waals surface area contributed by atoms with Crippen LogP contribution < -0.4 is 0 Å². The zero-order valence-corrected chi connectivity index (χ0v) is 10.1. The SMILES string of the molecule is BrC1=CC=C(Br)C2=CC=CC=C1C2. The van der Waals surface area contributed by atoms with Gasteiger partial charge in [0.1, 0.15) is 0 Å². The Hall–Kier alpha value is -0.340. The minimum absolute atomic E-state index is 0.987. The summed E-state index contributed by atoms with van der Waals surface area (Å²) in [6.07, 6.45) is 13.6. The maximum Gasteiger partial charge on any atom is 0.0211 e. The zero-order valence-electron chi connectivity index (χ0n) is 6.93. The van der Waals surface area contributed by atoms with Crippen LogP contribution in [0, 0.1) is 0 Å². The molecule has 0 aromatic rings. The molecule has 2 rings (SSSR count). The lowest BCUT2D eigenvalue weighted by Gasteiger charge is -2.04. The molecule has 0 radical (unpaired) electrons. The largest absolute Gasteiger partial charge is 0.0619 e. The zero-order chi connectivity index (χ0) is 9.26. The van der Waals surface area contributed by atoms with Crippen LogP contribution >= 0.6 is 31.9 Å². The highest BCUT2D eigenvalue weighted by Gasteiger charge is 2.11. The fourth-order valence-corrected chi connectivity index (χ4v) is 2.16. The Morgan fingerprint density at radius 3 is 1.69 bits per heavy atom. The number of halogens is 2. The molecule has 13 heavy (non-hydrogen) atoms. The summed E-state index contributed by atoms with van der Waals surface area (Å²) >= 11 is 7.11. The van der Waals surface area contributed by atoms with E-state index in [-0.39, 0.29) is 0 Å². The van der Waals surface area contributed by atoms with E-state index < -0.39 is 0 Å². The van der Waals surface area contributed by atoms with Gasteiger partial charge in [-0.15, -0.1) is 0 Å². The van der Waals surface area contributed by atoms with Crippen molar-refractivity contribution in [3.05, 3.63) is 56.6 Å². The predicted molar refractivity (Wildman–Crippen MR) is 63.9 cm³/mol. The van der Waals surface area contributed by atoms with Gasteiger partial charge in [-0.2, -0.15) is 0 Å². The van der Waals surface area contributed by atoms with Gasteiger partial charge in [-0.05, 0) is 29.7 Å². The third kappa shape index (κ3) is 1.94. The van der Waals surface area contributed by atoms with Gasteiger partial charge in [-0.25, -0.2) is 0 Å². The summed E-state index contributed by atoms with van der Waals surface area (Å²) < 4.78 is 2.33. The van der Waals surface area contributed by atoms with Gasteiger partial charge in [0.05, 0.1) is 0 Å². The van der Waals surface area contributed by atoms with Crippen LogP contribution in [-0.4, -0.2) is 0 Å². The van der Waals surface area contributed by atoms with E-state index in [0.717, 1.165) is 6.42 Å². The second-order valence-electron chi connectivity index (χ2n) is 2.97. The van der Waals surface area contributed by atoms with Gasteiger partial charge in [0.15, 0.2) is 0 Å². The molecule has 2 aliphatic carbocycles. The van der Waals surface area contributed by atoms with Crippen LogP contribution in [0.3, 0.4) is 0 Å². The Labute approximate surface area is 94.7 Å². The quantitative estimate of drug-likeness (QED) is 0.623. The van der Waals surface area contributed by atoms with Crippen molar-refractivity contribution >= 4 is 31.9 Å². The average molecular weight is 300 g/mol. The summed E-state index contributed by atoms with van der Waals surface area (Å²) in [5, 5.41) is 0. The van der Waals surface area contributed by atoms with Gasteiger partial charge in [0.25, 0.3) is 0 Å². The highest BCUT2D eigenvalue weighted by Crippen LogP contribution is 2.34. The lowest BCUT2D eigenvalue weighted by molar-refractivity contribution is 1.21. The van der Waals surface area contributed by atoms with Crippen LogP contribution in [0.15, 0.2) is 56.6 Å². The van der Waals surface area contributed by atoms with E-state index in [4.69, 9.17) is 0 Å². The first-order valence-electron chi connectivity index (χ1n) is 4.07. The van der Waals surface area contributed by atoms with E-state index in [0.29, 0.717) is 0 Å². The van der Waals surface area contributed by atoms with Gasteiger partial charge in [-0.3, -0.25) is 0 Å². The van der Waals surface area contributed by atoms with Crippen molar-refractivity contribution in [3.63, 3.8) is 0 Å². The monoisotopic (exact) mass is 298 g/mol. The number of hydrogen-bond donors (Lipinski definition) is 0.